The van der Waals surface area contributed by atoms with Crippen molar-refractivity contribution in [3.8, 4) is 0 Å². The lowest BCUT2D eigenvalue weighted by Gasteiger charge is -1.98. The van der Waals surface area contributed by atoms with Gasteiger partial charge in [-0.3, -0.25) is 0 Å². The van der Waals surface area contributed by atoms with Gasteiger partial charge in [0.25, 0.3) is 0 Å². The second-order valence-corrected chi connectivity index (χ2v) is 5.19. The summed E-state index contributed by atoms with van der Waals surface area (Å²) in [6.45, 7) is 3.95. The van der Waals surface area contributed by atoms with E-state index in [1.54, 1.807) is 0 Å². The molecule has 98 valence electrons. The van der Waals surface area contributed by atoms with Crippen LogP contribution in [0.5, 0.6) is 0 Å². The zero-order chi connectivity index (χ0) is 13.9. The number of aryl methyl sites for hydroxylation is 2. The summed E-state index contributed by atoms with van der Waals surface area (Å²) in [7, 11) is 0. The minimum atomic E-state index is -0.345. The summed E-state index contributed by atoms with van der Waals surface area (Å²) in [4.78, 5) is 12.3. The Bertz CT molecular complexity index is 1030. The first-order chi connectivity index (χ1) is 9.63. The van der Waals surface area contributed by atoms with E-state index >= 15 is 0 Å². The highest BCUT2D eigenvalue weighted by Crippen LogP contribution is 2.32. The third kappa shape index (κ3) is 1.43. The van der Waals surface area contributed by atoms with E-state index in [2.05, 4.69) is 0 Å². The maximum Gasteiger partial charge on any atom is 0.348 e. The van der Waals surface area contributed by atoms with Crippen LogP contribution in [0.4, 0.5) is 0 Å². The molecule has 20 heavy (non-hydrogen) atoms. The van der Waals surface area contributed by atoms with Gasteiger partial charge in [0.15, 0.2) is 5.58 Å². The molecule has 4 aromatic rings. The normalized spacial score (nSPS) is 11.7. The molecule has 0 fully saturated rings. The van der Waals surface area contributed by atoms with Crippen molar-refractivity contribution in [2.75, 3.05) is 0 Å². The van der Waals surface area contributed by atoms with Crippen LogP contribution >= 0.6 is 0 Å². The van der Waals surface area contributed by atoms with Crippen molar-refractivity contribution in [2.45, 2.75) is 13.8 Å². The molecule has 0 radical (unpaired) electrons. The summed E-state index contributed by atoms with van der Waals surface area (Å²) in [5.74, 6) is 0. The first kappa shape index (κ1) is 11.3. The molecule has 3 nitrogen and oxygen atoms in total. The number of hydrogen-bond acceptors (Lipinski definition) is 3. The first-order valence-electron chi connectivity index (χ1n) is 6.50. The number of fused-ring (bicyclic) bond motifs is 5. The molecule has 4 rings (SSSR count). The first-order valence-corrected chi connectivity index (χ1v) is 6.50. The van der Waals surface area contributed by atoms with Crippen LogP contribution in [-0.2, 0) is 0 Å². The maximum absolute atomic E-state index is 12.3. The molecule has 0 bridgehead atoms. The lowest BCUT2D eigenvalue weighted by atomic mass is 10.1. The molecular formula is C17H12O3. The van der Waals surface area contributed by atoms with E-state index in [9.17, 15) is 4.79 Å². The van der Waals surface area contributed by atoms with Gasteiger partial charge >= 0.3 is 5.63 Å². The Hall–Kier alpha value is -2.55. The highest BCUT2D eigenvalue weighted by atomic mass is 16.4. The zero-order valence-corrected chi connectivity index (χ0v) is 11.2. The van der Waals surface area contributed by atoms with Gasteiger partial charge in [-0.1, -0.05) is 17.7 Å². The van der Waals surface area contributed by atoms with Gasteiger partial charge in [0.05, 0.1) is 5.39 Å². The van der Waals surface area contributed by atoms with Gasteiger partial charge in [0.2, 0.25) is 0 Å². The molecule has 3 heteroatoms. The summed E-state index contributed by atoms with van der Waals surface area (Å²) in [5.41, 5.74) is 3.68. The van der Waals surface area contributed by atoms with Crippen molar-refractivity contribution in [1.82, 2.24) is 0 Å². The highest BCUT2D eigenvalue weighted by Gasteiger charge is 2.15. The van der Waals surface area contributed by atoms with Crippen molar-refractivity contribution >= 4 is 32.9 Å². The summed E-state index contributed by atoms with van der Waals surface area (Å²) in [6.07, 6.45) is 0. The number of benzene rings is 2. The molecule has 0 aliphatic carbocycles. The van der Waals surface area contributed by atoms with Crippen molar-refractivity contribution in [3.05, 3.63) is 57.9 Å². The molecule has 0 amide bonds. The van der Waals surface area contributed by atoms with Gasteiger partial charge < -0.3 is 8.83 Å². The zero-order valence-electron chi connectivity index (χ0n) is 11.2. The minimum Gasteiger partial charge on any atom is -0.455 e. The molecule has 2 heterocycles. The average Bonchev–Trinajstić information content (AvgIpc) is 2.77. The maximum atomic E-state index is 12.3. The van der Waals surface area contributed by atoms with E-state index in [0.717, 1.165) is 21.9 Å². The summed E-state index contributed by atoms with van der Waals surface area (Å²) >= 11 is 0. The molecule has 0 atom stereocenters. The van der Waals surface area contributed by atoms with Gasteiger partial charge in [-0.2, -0.15) is 0 Å². The van der Waals surface area contributed by atoms with Gasteiger partial charge in [0, 0.05) is 5.39 Å². The fraction of sp³-hybridized carbons (Fsp3) is 0.118. The number of rotatable bonds is 0. The Morgan fingerprint density at radius 2 is 1.55 bits per heavy atom. The van der Waals surface area contributed by atoms with Crippen LogP contribution in [-0.4, -0.2) is 0 Å². The van der Waals surface area contributed by atoms with Crippen LogP contribution in [0, 0.1) is 13.8 Å². The molecular weight excluding hydrogens is 252 g/mol. The van der Waals surface area contributed by atoms with E-state index in [1.165, 1.54) is 0 Å². The Morgan fingerprint density at radius 3 is 2.40 bits per heavy atom. The van der Waals surface area contributed by atoms with E-state index in [0.29, 0.717) is 22.1 Å². The average molecular weight is 264 g/mol. The van der Waals surface area contributed by atoms with Crippen LogP contribution in [0.25, 0.3) is 32.9 Å². The third-order valence-corrected chi connectivity index (χ3v) is 3.63. The summed E-state index contributed by atoms with van der Waals surface area (Å²) in [5, 5.41) is 2.18. The van der Waals surface area contributed by atoms with Crippen LogP contribution in [0.1, 0.15) is 11.1 Å². The number of furan rings is 1. The van der Waals surface area contributed by atoms with E-state index in [1.807, 2.05) is 50.2 Å². The topological polar surface area (TPSA) is 43.4 Å². The van der Waals surface area contributed by atoms with Crippen LogP contribution in [0.15, 0.2) is 50.0 Å². The quantitative estimate of drug-likeness (QED) is 0.444. The SMILES string of the molecule is Cc1ccc2c(c1)oc(=O)c1c3cc(C)ccc3oc21. The predicted molar refractivity (Wildman–Crippen MR) is 79.2 cm³/mol. The standard InChI is InChI=1S/C17H12O3/c1-9-4-6-13-12(7-9)15-16(19-13)11-5-3-10(2)8-14(11)20-17(15)18/h3-8H,1-2H3. The third-order valence-electron chi connectivity index (χ3n) is 3.63. The van der Waals surface area contributed by atoms with Gasteiger partial charge in [-0.15, -0.1) is 0 Å². The Labute approximate surface area is 114 Å². The lowest BCUT2D eigenvalue weighted by molar-refractivity contribution is 0.566. The minimum absolute atomic E-state index is 0.345. The summed E-state index contributed by atoms with van der Waals surface area (Å²) in [6, 6.07) is 11.6. The Kier molecular flexibility index (Phi) is 2.11. The van der Waals surface area contributed by atoms with Gasteiger partial charge in [-0.25, -0.2) is 4.79 Å². The van der Waals surface area contributed by atoms with Crippen molar-refractivity contribution in [2.24, 2.45) is 0 Å². The Morgan fingerprint density at radius 1 is 0.800 bits per heavy atom. The molecule has 0 spiro atoms. The molecule has 0 aliphatic rings. The predicted octanol–water partition coefficient (Wildman–Crippen LogP) is 4.31. The molecule has 0 unspecified atom stereocenters. The van der Waals surface area contributed by atoms with Crippen LogP contribution < -0.4 is 5.63 Å². The van der Waals surface area contributed by atoms with E-state index < -0.39 is 0 Å². The van der Waals surface area contributed by atoms with Crippen molar-refractivity contribution < 1.29 is 8.83 Å². The molecule has 0 saturated carbocycles. The smallest absolute Gasteiger partial charge is 0.348 e. The Balaban J connectivity index is 2.33. The van der Waals surface area contributed by atoms with Gasteiger partial charge in [0.1, 0.15) is 16.6 Å². The molecule has 0 aliphatic heterocycles. The fourth-order valence-corrected chi connectivity index (χ4v) is 2.66. The van der Waals surface area contributed by atoms with Crippen LogP contribution in [0.2, 0.25) is 0 Å². The lowest BCUT2D eigenvalue weighted by Crippen LogP contribution is -1.98. The van der Waals surface area contributed by atoms with E-state index in [-0.39, 0.29) is 5.63 Å². The molecule has 2 aromatic heterocycles. The van der Waals surface area contributed by atoms with Gasteiger partial charge in [-0.05, 0) is 43.7 Å². The fourth-order valence-electron chi connectivity index (χ4n) is 2.66. The van der Waals surface area contributed by atoms with Crippen LogP contribution in [0.3, 0.4) is 0 Å². The largest absolute Gasteiger partial charge is 0.455 e. The summed E-state index contributed by atoms with van der Waals surface area (Å²) < 4.78 is 11.3. The van der Waals surface area contributed by atoms with Crippen molar-refractivity contribution in [1.29, 1.82) is 0 Å². The second kappa shape index (κ2) is 3.73. The highest BCUT2D eigenvalue weighted by molar-refractivity contribution is 6.12. The second-order valence-electron chi connectivity index (χ2n) is 5.19. The number of hydrogen-bond donors (Lipinski definition) is 0. The van der Waals surface area contributed by atoms with Crippen molar-refractivity contribution in [3.63, 3.8) is 0 Å². The monoisotopic (exact) mass is 264 g/mol. The molecule has 0 N–H and O–H groups in total. The van der Waals surface area contributed by atoms with E-state index in [4.69, 9.17) is 8.83 Å². The molecule has 0 saturated heterocycles. The molecule has 2 aromatic carbocycles.